The lowest BCUT2D eigenvalue weighted by atomic mass is 10.1. The van der Waals surface area contributed by atoms with E-state index in [1.54, 1.807) is 6.07 Å². The molecule has 1 N–H and O–H groups in total. The minimum atomic E-state index is -0.107. The maximum Gasteiger partial charge on any atom is 0.173 e. The van der Waals surface area contributed by atoms with Crippen LogP contribution in [0.2, 0.25) is 5.02 Å². The number of rotatable bonds is 2. The van der Waals surface area contributed by atoms with E-state index in [2.05, 4.69) is 5.16 Å². The van der Waals surface area contributed by atoms with E-state index in [0.29, 0.717) is 16.3 Å². The molecule has 1 aromatic carbocycles. The molecule has 1 heterocycles. The summed E-state index contributed by atoms with van der Waals surface area (Å²) < 4.78 is 5.03. The summed E-state index contributed by atoms with van der Waals surface area (Å²) in [6.07, 6.45) is 1.48. The molecule has 2 aromatic rings. The van der Waals surface area contributed by atoms with Crippen LogP contribution in [0, 0.1) is 0 Å². The SMILES string of the molecule is OCc1cnoc1-c1ccccc1Cl. The molecule has 0 fully saturated rings. The van der Waals surface area contributed by atoms with Gasteiger partial charge in [0.1, 0.15) is 0 Å². The Morgan fingerprint density at radius 1 is 1.36 bits per heavy atom. The second-order valence-corrected chi connectivity index (χ2v) is 3.23. The van der Waals surface area contributed by atoms with Crippen molar-refractivity contribution in [2.24, 2.45) is 0 Å². The first-order chi connectivity index (χ1) is 6.83. The molecule has 4 heteroatoms. The van der Waals surface area contributed by atoms with Crippen LogP contribution in [0.4, 0.5) is 0 Å². The summed E-state index contributed by atoms with van der Waals surface area (Å²) in [7, 11) is 0. The summed E-state index contributed by atoms with van der Waals surface area (Å²) >= 11 is 5.98. The minimum absolute atomic E-state index is 0.107. The van der Waals surface area contributed by atoms with E-state index in [0.717, 1.165) is 5.56 Å². The van der Waals surface area contributed by atoms with Crippen molar-refractivity contribution < 1.29 is 9.63 Å². The predicted octanol–water partition coefficient (Wildman–Crippen LogP) is 2.49. The number of aliphatic hydroxyl groups excluding tert-OH is 1. The lowest BCUT2D eigenvalue weighted by molar-refractivity contribution is 0.281. The first-order valence-electron chi connectivity index (χ1n) is 4.12. The maximum atomic E-state index is 9.02. The van der Waals surface area contributed by atoms with Crippen LogP contribution in [0.25, 0.3) is 11.3 Å². The van der Waals surface area contributed by atoms with Gasteiger partial charge >= 0.3 is 0 Å². The first-order valence-corrected chi connectivity index (χ1v) is 4.50. The molecule has 0 aliphatic carbocycles. The largest absolute Gasteiger partial charge is 0.391 e. The molecular weight excluding hydrogens is 202 g/mol. The van der Waals surface area contributed by atoms with Gasteiger partial charge in [-0.1, -0.05) is 28.9 Å². The Balaban J connectivity index is 2.54. The number of hydrogen-bond acceptors (Lipinski definition) is 3. The van der Waals surface area contributed by atoms with Gasteiger partial charge < -0.3 is 9.63 Å². The summed E-state index contributed by atoms with van der Waals surface area (Å²) in [5, 5.41) is 13.2. The molecule has 0 atom stereocenters. The standard InChI is InChI=1S/C10H8ClNO2/c11-9-4-2-1-3-8(9)10-7(6-13)5-12-14-10/h1-5,13H,6H2. The van der Waals surface area contributed by atoms with E-state index >= 15 is 0 Å². The Morgan fingerprint density at radius 2 is 2.14 bits per heavy atom. The highest BCUT2D eigenvalue weighted by Gasteiger charge is 2.12. The number of hydrogen-bond donors (Lipinski definition) is 1. The Bertz CT molecular complexity index is 439. The smallest absolute Gasteiger partial charge is 0.173 e. The lowest BCUT2D eigenvalue weighted by Gasteiger charge is -2.00. The maximum absolute atomic E-state index is 9.02. The van der Waals surface area contributed by atoms with Crippen molar-refractivity contribution >= 4 is 11.6 Å². The summed E-state index contributed by atoms with van der Waals surface area (Å²) in [5.74, 6) is 0.526. The average molecular weight is 210 g/mol. The van der Waals surface area contributed by atoms with Crippen LogP contribution in [-0.4, -0.2) is 10.3 Å². The van der Waals surface area contributed by atoms with Crippen molar-refractivity contribution in [2.75, 3.05) is 0 Å². The van der Waals surface area contributed by atoms with Crippen molar-refractivity contribution in [3.63, 3.8) is 0 Å². The van der Waals surface area contributed by atoms with Gasteiger partial charge in [0.2, 0.25) is 0 Å². The van der Waals surface area contributed by atoms with Crippen LogP contribution in [-0.2, 0) is 6.61 Å². The zero-order chi connectivity index (χ0) is 9.97. The molecule has 72 valence electrons. The Hall–Kier alpha value is -1.32. The molecule has 0 amide bonds. The van der Waals surface area contributed by atoms with E-state index in [1.165, 1.54) is 6.20 Å². The zero-order valence-electron chi connectivity index (χ0n) is 7.27. The highest BCUT2D eigenvalue weighted by Crippen LogP contribution is 2.29. The van der Waals surface area contributed by atoms with Gasteiger partial charge in [-0.3, -0.25) is 0 Å². The summed E-state index contributed by atoms with van der Waals surface area (Å²) in [5.41, 5.74) is 1.38. The third kappa shape index (κ3) is 1.52. The fourth-order valence-corrected chi connectivity index (χ4v) is 1.46. The third-order valence-corrected chi connectivity index (χ3v) is 2.26. The van der Waals surface area contributed by atoms with Crippen molar-refractivity contribution in [2.45, 2.75) is 6.61 Å². The third-order valence-electron chi connectivity index (χ3n) is 1.93. The van der Waals surface area contributed by atoms with Crippen molar-refractivity contribution in [1.82, 2.24) is 5.16 Å². The summed E-state index contributed by atoms with van der Waals surface area (Å²) in [4.78, 5) is 0. The van der Waals surface area contributed by atoms with Crippen LogP contribution in [0.3, 0.4) is 0 Å². The number of benzene rings is 1. The minimum Gasteiger partial charge on any atom is -0.391 e. The van der Waals surface area contributed by atoms with Gasteiger partial charge in [0.25, 0.3) is 0 Å². The van der Waals surface area contributed by atoms with E-state index in [9.17, 15) is 0 Å². The number of aromatic nitrogens is 1. The normalized spacial score (nSPS) is 10.4. The van der Waals surface area contributed by atoms with Gasteiger partial charge in [0.15, 0.2) is 5.76 Å². The first kappa shape index (κ1) is 9.24. The lowest BCUT2D eigenvalue weighted by Crippen LogP contribution is -1.84. The second kappa shape index (κ2) is 3.82. The molecule has 0 saturated heterocycles. The number of halogens is 1. The van der Waals surface area contributed by atoms with E-state index in [-0.39, 0.29) is 6.61 Å². The van der Waals surface area contributed by atoms with E-state index in [1.807, 2.05) is 18.2 Å². The van der Waals surface area contributed by atoms with Crippen LogP contribution in [0.1, 0.15) is 5.56 Å². The fraction of sp³-hybridized carbons (Fsp3) is 0.100. The molecule has 3 nitrogen and oxygen atoms in total. The van der Waals surface area contributed by atoms with Gasteiger partial charge in [-0.2, -0.15) is 0 Å². The molecule has 1 aromatic heterocycles. The van der Waals surface area contributed by atoms with Crippen LogP contribution in [0.5, 0.6) is 0 Å². The van der Waals surface area contributed by atoms with E-state index < -0.39 is 0 Å². The molecule has 0 spiro atoms. The van der Waals surface area contributed by atoms with Crippen molar-refractivity contribution in [3.8, 4) is 11.3 Å². The topological polar surface area (TPSA) is 46.3 Å². The van der Waals surface area contributed by atoms with E-state index in [4.69, 9.17) is 21.2 Å². The molecule has 0 aliphatic rings. The van der Waals surface area contributed by atoms with Gasteiger partial charge in [-0.15, -0.1) is 0 Å². The average Bonchev–Trinajstić information content (AvgIpc) is 2.66. The molecule has 0 saturated carbocycles. The molecule has 14 heavy (non-hydrogen) atoms. The Morgan fingerprint density at radius 3 is 2.86 bits per heavy atom. The quantitative estimate of drug-likeness (QED) is 0.827. The van der Waals surface area contributed by atoms with Gasteiger partial charge in [0.05, 0.1) is 17.8 Å². The van der Waals surface area contributed by atoms with Crippen molar-refractivity contribution in [3.05, 3.63) is 41.0 Å². The monoisotopic (exact) mass is 209 g/mol. The van der Waals surface area contributed by atoms with Crippen LogP contribution in [0.15, 0.2) is 35.0 Å². The molecule has 0 bridgehead atoms. The molecule has 2 rings (SSSR count). The van der Waals surface area contributed by atoms with Crippen LogP contribution < -0.4 is 0 Å². The van der Waals surface area contributed by atoms with Gasteiger partial charge in [-0.25, -0.2) is 0 Å². The molecular formula is C10H8ClNO2. The van der Waals surface area contributed by atoms with Gasteiger partial charge in [0, 0.05) is 11.1 Å². The summed E-state index contributed by atoms with van der Waals surface area (Å²) in [6.45, 7) is -0.107. The van der Waals surface area contributed by atoms with Gasteiger partial charge in [-0.05, 0) is 12.1 Å². The summed E-state index contributed by atoms with van der Waals surface area (Å²) in [6, 6.07) is 7.27. The predicted molar refractivity (Wildman–Crippen MR) is 52.9 cm³/mol. The molecule has 0 unspecified atom stereocenters. The highest BCUT2D eigenvalue weighted by atomic mass is 35.5. The van der Waals surface area contributed by atoms with Crippen LogP contribution >= 0.6 is 11.6 Å². The zero-order valence-corrected chi connectivity index (χ0v) is 8.03. The number of aliphatic hydroxyl groups is 1. The molecule has 0 aliphatic heterocycles. The van der Waals surface area contributed by atoms with Crippen molar-refractivity contribution in [1.29, 1.82) is 0 Å². The molecule has 0 radical (unpaired) electrons. The Labute approximate surface area is 85.9 Å². The number of nitrogens with zero attached hydrogens (tertiary/aromatic N) is 1. The fourth-order valence-electron chi connectivity index (χ4n) is 1.24. The second-order valence-electron chi connectivity index (χ2n) is 2.82. The highest BCUT2D eigenvalue weighted by molar-refractivity contribution is 6.33. The Kier molecular flexibility index (Phi) is 2.52.